The van der Waals surface area contributed by atoms with Crippen LogP contribution in [0.15, 0.2) is 45.6 Å². The molecule has 0 atom stereocenters. The van der Waals surface area contributed by atoms with Crippen LogP contribution in [0.5, 0.6) is 5.75 Å². The number of rotatable bonds is 7. The van der Waals surface area contributed by atoms with Crippen LogP contribution < -0.4 is 10.4 Å². The third-order valence-electron chi connectivity index (χ3n) is 5.52. The third kappa shape index (κ3) is 4.83. The molecule has 0 bridgehead atoms. The smallest absolute Gasteiger partial charge is 0.336 e. The summed E-state index contributed by atoms with van der Waals surface area (Å²) < 4.78 is 30.1. The quantitative estimate of drug-likeness (QED) is 0.399. The summed E-state index contributed by atoms with van der Waals surface area (Å²) >= 11 is 0. The van der Waals surface area contributed by atoms with Gasteiger partial charge in [-0.2, -0.15) is 0 Å². The van der Waals surface area contributed by atoms with Crippen LogP contribution in [0.2, 0.25) is 0 Å². The molecule has 0 fully saturated rings. The van der Waals surface area contributed by atoms with E-state index in [2.05, 4.69) is 4.90 Å². The number of fused-ring (bicyclic) bond motifs is 3. The summed E-state index contributed by atoms with van der Waals surface area (Å²) in [6.45, 7) is 5.63. The second kappa shape index (κ2) is 9.53. The predicted octanol–water partition coefficient (Wildman–Crippen LogP) is 4.48. The SMILES string of the molecule is CCCOC(=O)CCc1cc2c(C)cc(=O)oc2c2c1OCN(Cc1ccc(F)cc1)C2. The van der Waals surface area contributed by atoms with E-state index >= 15 is 0 Å². The van der Waals surface area contributed by atoms with Gasteiger partial charge < -0.3 is 13.9 Å². The first-order valence-electron chi connectivity index (χ1n) is 10.8. The number of carbonyl (C=O) groups excluding carboxylic acids is 1. The largest absolute Gasteiger partial charge is 0.477 e. The summed E-state index contributed by atoms with van der Waals surface area (Å²) in [6, 6.07) is 9.75. The summed E-state index contributed by atoms with van der Waals surface area (Å²) in [5, 5.41) is 0.826. The number of nitrogens with zero attached hydrogens (tertiary/aromatic N) is 1. The molecule has 0 radical (unpaired) electrons. The Labute approximate surface area is 185 Å². The van der Waals surface area contributed by atoms with Crippen molar-refractivity contribution in [3.8, 4) is 5.75 Å². The van der Waals surface area contributed by atoms with E-state index in [1.54, 1.807) is 12.1 Å². The zero-order valence-corrected chi connectivity index (χ0v) is 18.3. The van der Waals surface area contributed by atoms with Crippen LogP contribution in [0.3, 0.4) is 0 Å². The fourth-order valence-corrected chi connectivity index (χ4v) is 3.97. The van der Waals surface area contributed by atoms with E-state index in [1.807, 2.05) is 19.9 Å². The van der Waals surface area contributed by atoms with Crippen LogP contribution in [0.1, 0.15) is 42.0 Å². The van der Waals surface area contributed by atoms with Gasteiger partial charge in [0, 0.05) is 31.0 Å². The van der Waals surface area contributed by atoms with Crippen LogP contribution in [-0.2, 0) is 29.0 Å². The monoisotopic (exact) mass is 439 g/mol. The van der Waals surface area contributed by atoms with Crippen molar-refractivity contribution in [1.82, 2.24) is 4.90 Å². The number of halogens is 1. The molecule has 0 amide bonds. The molecule has 1 aliphatic heterocycles. The topological polar surface area (TPSA) is 69.0 Å². The highest BCUT2D eigenvalue weighted by Gasteiger charge is 2.25. The summed E-state index contributed by atoms with van der Waals surface area (Å²) in [5.74, 6) is 0.134. The normalized spacial score (nSPS) is 13.6. The van der Waals surface area contributed by atoms with Crippen LogP contribution in [-0.4, -0.2) is 24.2 Å². The maximum atomic E-state index is 13.2. The second-order valence-corrected chi connectivity index (χ2v) is 8.08. The van der Waals surface area contributed by atoms with E-state index in [-0.39, 0.29) is 18.2 Å². The highest BCUT2D eigenvalue weighted by Crippen LogP contribution is 2.37. The van der Waals surface area contributed by atoms with Gasteiger partial charge in [0.2, 0.25) is 0 Å². The van der Waals surface area contributed by atoms with Gasteiger partial charge in [-0.3, -0.25) is 9.69 Å². The van der Waals surface area contributed by atoms with Gasteiger partial charge in [0.05, 0.1) is 12.2 Å². The van der Waals surface area contributed by atoms with Gasteiger partial charge in [-0.05, 0) is 54.7 Å². The predicted molar refractivity (Wildman–Crippen MR) is 118 cm³/mol. The van der Waals surface area contributed by atoms with Crippen LogP contribution in [0, 0.1) is 12.7 Å². The third-order valence-corrected chi connectivity index (χ3v) is 5.52. The average Bonchev–Trinajstić information content (AvgIpc) is 2.78. The Bertz CT molecular complexity index is 1190. The summed E-state index contributed by atoms with van der Waals surface area (Å²) in [4.78, 5) is 26.2. The number of carbonyl (C=O) groups is 1. The minimum atomic E-state index is -0.413. The molecule has 0 unspecified atom stereocenters. The lowest BCUT2D eigenvalue weighted by atomic mass is 9.97. The number of hydrogen-bond acceptors (Lipinski definition) is 6. The van der Waals surface area contributed by atoms with E-state index in [1.165, 1.54) is 18.2 Å². The van der Waals surface area contributed by atoms with Gasteiger partial charge in [-0.1, -0.05) is 19.1 Å². The van der Waals surface area contributed by atoms with Crippen molar-refractivity contribution >= 4 is 16.9 Å². The number of esters is 1. The first kappa shape index (κ1) is 22.0. The Balaban J connectivity index is 1.66. The maximum Gasteiger partial charge on any atom is 0.336 e. The number of benzene rings is 2. The molecule has 0 spiro atoms. The molecule has 2 heterocycles. The van der Waals surface area contributed by atoms with Gasteiger partial charge in [-0.25, -0.2) is 9.18 Å². The number of hydrogen-bond donors (Lipinski definition) is 0. The molecule has 0 aliphatic carbocycles. The molecule has 32 heavy (non-hydrogen) atoms. The van der Waals surface area contributed by atoms with Crippen molar-refractivity contribution < 1.29 is 23.1 Å². The van der Waals surface area contributed by atoms with Gasteiger partial charge in [0.1, 0.15) is 23.9 Å². The summed E-state index contributed by atoms with van der Waals surface area (Å²) in [5.41, 5.74) is 3.53. The molecule has 0 saturated heterocycles. The molecule has 0 saturated carbocycles. The van der Waals surface area contributed by atoms with Crippen molar-refractivity contribution in [1.29, 1.82) is 0 Å². The first-order valence-corrected chi connectivity index (χ1v) is 10.8. The first-order chi connectivity index (χ1) is 15.4. The van der Waals surface area contributed by atoms with Crippen LogP contribution in [0.4, 0.5) is 4.39 Å². The van der Waals surface area contributed by atoms with Gasteiger partial charge in [0.25, 0.3) is 0 Å². The molecule has 7 heteroatoms. The average molecular weight is 439 g/mol. The standard InChI is InChI=1S/C25H26FNO5/c1-3-10-30-22(28)9-6-18-12-20-16(2)11-23(29)32-25(20)21-14-27(15-31-24(18)21)13-17-4-7-19(26)8-5-17/h4-5,7-8,11-12H,3,6,9-10,13-15H2,1-2H3. The summed E-state index contributed by atoms with van der Waals surface area (Å²) in [6.07, 6.45) is 1.50. The van der Waals surface area contributed by atoms with E-state index in [9.17, 15) is 14.0 Å². The fraction of sp³-hybridized carbons (Fsp3) is 0.360. The zero-order valence-electron chi connectivity index (χ0n) is 18.3. The Morgan fingerprint density at radius 1 is 1.22 bits per heavy atom. The van der Waals surface area contributed by atoms with Crippen molar-refractivity contribution in [3.63, 3.8) is 0 Å². The van der Waals surface area contributed by atoms with Gasteiger partial charge in [0.15, 0.2) is 0 Å². The lowest BCUT2D eigenvalue weighted by molar-refractivity contribution is -0.143. The lowest BCUT2D eigenvalue weighted by Crippen LogP contribution is -2.32. The molecule has 3 aromatic rings. The molecular formula is C25H26FNO5. The molecule has 1 aliphatic rings. The Kier molecular flexibility index (Phi) is 6.55. The molecular weight excluding hydrogens is 413 g/mol. The highest BCUT2D eigenvalue weighted by molar-refractivity contribution is 5.86. The van der Waals surface area contributed by atoms with E-state index < -0.39 is 5.63 Å². The minimum Gasteiger partial charge on any atom is -0.477 e. The van der Waals surface area contributed by atoms with E-state index in [0.717, 1.165) is 34.1 Å². The van der Waals surface area contributed by atoms with Crippen LogP contribution in [0.25, 0.3) is 11.0 Å². The maximum absolute atomic E-state index is 13.2. The van der Waals surface area contributed by atoms with E-state index in [0.29, 0.717) is 44.2 Å². The molecule has 6 nitrogen and oxygen atoms in total. The van der Waals surface area contributed by atoms with Gasteiger partial charge >= 0.3 is 11.6 Å². The Hall–Kier alpha value is -3.19. The zero-order chi connectivity index (χ0) is 22.7. The minimum absolute atomic E-state index is 0.245. The van der Waals surface area contributed by atoms with Crippen molar-refractivity contribution in [2.75, 3.05) is 13.3 Å². The summed E-state index contributed by atoms with van der Waals surface area (Å²) in [7, 11) is 0. The van der Waals surface area contributed by atoms with Crippen LogP contribution >= 0.6 is 0 Å². The molecule has 168 valence electrons. The lowest BCUT2D eigenvalue weighted by Gasteiger charge is -2.31. The number of ether oxygens (including phenoxy) is 2. The molecule has 4 rings (SSSR count). The second-order valence-electron chi connectivity index (χ2n) is 8.08. The molecule has 1 aromatic heterocycles. The van der Waals surface area contributed by atoms with Crippen molar-refractivity contribution in [2.24, 2.45) is 0 Å². The highest BCUT2D eigenvalue weighted by atomic mass is 19.1. The molecule has 0 N–H and O–H groups in total. The number of aryl methyl sites for hydroxylation is 2. The van der Waals surface area contributed by atoms with Gasteiger partial charge in [-0.15, -0.1) is 0 Å². The Morgan fingerprint density at radius 3 is 2.75 bits per heavy atom. The Morgan fingerprint density at radius 2 is 2.00 bits per heavy atom. The molecule has 2 aromatic carbocycles. The fourth-order valence-electron chi connectivity index (χ4n) is 3.97. The van der Waals surface area contributed by atoms with Crippen molar-refractivity contribution in [2.45, 2.75) is 46.2 Å². The van der Waals surface area contributed by atoms with E-state index in [4.69, 9.17) is 13.9 Å². The van der Waals surface area contributed by atoms with Crippen molar-refractivity contribution in [3.05, 3.63) is 74.9 Å².